The number of nitrogens with zero attached hydrogens (tertiary/aromatic N) is 2. The van der Waals surface area contributed by atoms with Crippen LogP contribution in [0, 0.1) is 13.8 Å². The Morgan fingerprint density at radius 1 is 1.27 bits per heavy atom. The van der Waals surface area contributed by atoms with Crippen molar-refractivity contribution in [2.45, 2.75) is 26.8 Å². The molecule has 7 heteroatoms. The molecule has 1 atom stereocenters. The molecule has 0 radical (unpaired) electrons. The number of ether oxygens (including phenoxy) is 2. The van der Waals surface area contributed by atoms with Gasteiger partial charge in [-0.15, -0.1) is 0 Å². The van der Waals surface area contributed by atoms with Crippen LogP contribution in [0.5, 0.6) is 11.5 Å². The molecule has 0 aliphatic carbocycles. The molecule has 2 heterocycles. The summed E-state index contributed by atoms with van der Waals surface area (Å²) in [6, 6.07) is 3.25. The summed E-state index contributed by atoms with van der Waals surface area (Å²) in [7, 11) is 0. The van der Waals surface area contributed by atoms with Crippen molar-refractivity contribution in [3.63, 3.8) is 0 Å². The second-order valence-corrected chi connectivity index (χ2v) is 5.28. The van der Waals surface area contributed by atoms with Crippen molar-refractivity contribution in [3.8, 4) is 11.5 Å². The highest BCUT2D eigenvalue weighted by Gasteiger charge is 2.20. The van der Waals surface area contributed by atoms with Crippen LogP contribution in [-0.2, 0) is 0 Å². The molecule has 1 aliphatic heterocycles. The van der Waals surface area contributed by atoms with Crippen LogP contribution in [0.2, 0.25) is 0 Å². The molecule has 0 saturated carbocycles. The molecular weight excluding hydrogens is 284 g/mol. The maximum atomic E-state index is 12.5. The molecule has 1 aliphatic rings. The van der Waals surface area contributed by atoms with E-state index in [1.165, 1.54) is 0 Å². The van der Waals surface area contributed by atoms with Crippen molar-refractivity contribution in [2.75, 3.05) is 13.2 Å². The maximum Gasteiger partial charge on any atom is 0.252 e. The number of rotatable bonds is 3. The van der Waals surface area contributed by atoms with Gasteiger partial charge in [-0.2, -0.15) is 5.10 Å². The van der Waals surface area contributed by atoms with Gasteiger partial charge in [0.05, 0.1) is 6.04 Å². The summed E-state index contributed by atoms with van der Waals surface area (Å²) in [5.41, 5.74) is 1.39. The van der Waals surface area contributed by atoms with Crippen LogP contribution in [0.3, 0.4) is 0 Å². The zero-order valence-corrected chi connectivity index (χ0v) is 12.8. The Kier molecular flexibility index (Phi) is 3.70. The van der Waals surface area contributed by atoms with Crippen LogP contribution >= 0.6 is 0 Å². The van der Waals surface area contributed by atoms with E-state index in [9.17, 15) is 4.79 Å². The smallest absolute Gasteiger partial charge is 0.252 e. The van der Waals surface area contributed by atoms with E-state index in [0.29, 0.717) is 41.9 Å². The lowest BCUT2D eigenvalue weighted by atomic mass is 10.1. The Balaban J connectivity index is 1.80. The van der Waals surface area contributed by atoms with Gasteiger partial charge in [-0.1, -0.05) is 0 Å². The summed E-state index contributed by atoms with van der Waals surface area (Å²) in [6.07, 6.45) is 0. The van der Waals surface area contributed by atoms with Gasteiger partial charge in [-0.05, 0) is 38.5 Å². The normalized spacial score (nSPS) is 14.5. The molecule has 3 rings (SSSR count). The van der Waals surface area contributed by atoms with E-state index < -0.39 is 0 Å². The fourth-order valence-corrected chi connectivity index (χ4v) is 2.33. The number of benzene rings is 1. The molecule has 7 nitrogen and oxygen atoms in total. The van der Waals surface area contributed by atoms with Crippen LogP contribution in [0.4, 0.5) is 0 Å². The number of aromatic nitrogens is 3. The quantitative estimate of drug-likeness (QED) is 0.900. The van der Waals surface area contributed by atoms with Gasteiger partial charge in [0.25, 0.3) is 5.91 Å². The summed E-state index contributed by atoms with van der Waals surface area (Å²) >= 11 is 0. The van der Waals surface area contributed by atoms with Gasteiger partial charge in [0, 0.05) is 5.56 Å². The first kappa shape index (κ1) is 14.4. The number of nitrogens with one attached hydrogen (secondary N) is 2. The lowest BCUT2D eigenvalue weighted by Crippen LogP contribution is -2.28. The van der Waals surface area contributed by atoms with E-state index >= 15 is 0 Å². The zero-order chi connectivity index (χ0) is 15.7. The highest BCUT2D eigenvalue weighted by molar-refractivity contribution is 5.96. The number of H-pyrrole nitrogens is 1. The van der Waals surface area contributed by atoms with Crippen LogP contribution < -0.4 is 14.8 Å². The van der Waals surface area contributed by atoms with Crippen LogP contribution in [-0.4, -0.2) is 34.3 Å². The monoisotopic (exact) mass is 302 g/mol. The Morgan fingerprint density at radius 2 is 1.95 bits per heavy atom. The molecule has 1 amide bonds. The maximum absolute atomic E-state index is 12.5. The van der Waals surface area contributed by atoms with E-state index in [0.717, 1.165) is 5.56 Å². The molecule has 1 aromatic heterocycles. The van der Waals surface area contributed by atoms with Crippen molar-refractivity contribution in [3.05, 3.63) is 34.9 Å². The average molecular weight is 302 g/mol. The molecule has 1 aromatic carbocycles. The summed E-state index contributed by atoms with van der Waals surface area (Å²) in [6.45, 7) is 6.54. The zero-order valence-electron chi connectivity index (χ0n) is 12.8. The first-order chi connectivity index (χ1) is 10.5. The Morgan fingerprint density at radius 3 is 2.59 bits per heavy atom. The van der Waals surface area contributed by atoms with Gasteiger partial charge in [-0.25, -0.2) is 4.98 Å². The van der Waals surface area contributed by atoms with Gasteiger partial charge in [0.15, 0.2) is 17.3 Å². The van der Waals surface area contributed by atoms with Gasteiger partial charge >= 0.3 is 0 Å². The molecule has 0 bridgehead atoms. The SMILES string of the molecule is Cc1nc(C(C)NC(=O)c2cc3c(cc2C)OCCO3)n[nH]1. The predicted octanol–water partition coefficient (Wildman–Crippen LogP) is 1.68. The molecule has 2 aromatic rings. The highest BCUT2D eigenvalue weighted by Crippen LogP contribution is 2.33. The Labute approximate surface area is 128 Å². The summed E-state index contributed by atoms with van der Waals surface area (Å²) in [5.74, 6) is 2.36. The lowest BCUT2D eigenvalue weighted by Gasteiger charge is -2.20. The topological polar surface area (TPSA) is 89.1 Å². The standard InChI is InChI=1S/C15H18N4O3/c1-8-6-12-13(22-5-4-21-12)7-11(8)15(20)16-9(2)14-17-10(3)18-19-14/h6-7,9H,4-5H2,1-3H3,(H,16,20)(H,17,18,19). The fraction of sp³-hybridized carbons (Fsp3) is 0.400. The number of amides is 1. The van der Waals surface area contributed by atoms with Gasteiger partial charge in [0.1, 0.15) is 19.0 Å². The number of fused-ring (bicyclic) bond motifs is 1. The van der Waals surface area contributed by atoms with E-state index in [1.807, 2.05) is 26.8 Å². The second kappa shape index (κ2) is 5.67. The number of carbonyl (C=O) groups excluding carboxylic acids is 1. The summed E-state index contributed by atoms with van der Waals surface area (Å²) < 4.78 is 11.0. The van der Waals surface area contributed by atoms with E-state index in [4.69, 9.17) is 9.47 Å². The van der Waals surface area contributed by atoms with Crippen LogP contribution in [0.1, 0.15) is 40.5 Å². The average Bonchev–Trinajstić information content (AvgIpc) is 2.93. The van der Waals surface area contributed by atoms with Crippen LogP contribution in [0.25, 0.3) is 0 Å². The van der Waals surface area contributed by atoms with Crippen LogP contribution in [0.15, 0.2) is 12.1 Å². The number of hydrogen-bond donors (Lipinski definition) is 2. The lowest BCUT2D eigenvalue weighted by molar-refractivity contribution is 0.0936. The van der Waals surface area contributed by atoms with Gasteiger partial charge in [0.2, 0.25) is 0 Å². The number of aryl methyl sites for hydroxylation is 2. The summed E-state index contributed by atoms with van der Waals surface area (Å²) in [5, 5.41) is 9.72. The summed E-state index contributed by atoms with van der Waals surface area (Å²) in [4.78, 5) is 16.7. The molecule has 2 N–H and O–H groups in total. The minimum atomic E-state index is -0.287. The predicted molar refractivity (Wildman–Crippen MR) is 79.2 cm³/mol. The van der Waals surface area contributed by atoms with Crippen molar-refractivity contribution >= 4 is 5.91 Å². The second-order valence-electron chi connectivity index (χ2n) is 5.28. The van der Waals surface area contributed by atoms with Crippen molar-refractivity contribution < 1.29 is 14.3 Å². The molecule has 116 valence electrons. The van der Waals surface area contributed by atoms with E-state index in [2.05, 4.69) is 20.5 Å². The fourth-order valence-electron chi connectivity index (χ4n) is 2.33. The number of hydrogen-bond acceptors (Lipinski definition) is 5. The highest BCUT2D eigenvalue weighted by atomic mass is 16.6. The molecule has 0 spiro atoms. The first-order valence-electron chi connectivity index (χ1n) is 7.14. The third-order valence-corrected chi connectivity index (χ3v) is 3.48. The van der Waals surface area contributed by atoms with Crippen molar-refractivity contribution in [2.24, 2.45) is 0 Å². The van der Waals surface area contributed by atoms with Crippen molar-refractivity contribution in [1.82, 2.24) is 20.5 Å². The minimum absolute atomic E-state index is 0.190. The Hall–Kier alpha value is -2.57. The third-order valence-electron chi connectivity index (χ3n) is 3.48. The molecular formula is C15H18N4O3. The molecule has 0 saturated heterocycles. The van der Waals surface area contributed by atoms with E-state index in [-0.39, 0.29) is 11.9 Å². The largest absolute Gasteiger partial charge is 0.486 e. The van der Waals surface area contributed by atoms with E-state index in [1.54, 1.807) is 6.07 Å². The number of carbonyl (C=O) groups is 1. The molecule has 1 unspecified atom stereocenters. The van der Waals surface area contributed by atoms with Gasteiger partial charge in [-0.3, -0.25) is 9.89 Å². The third kappa shape index (κ3) is 2.74. The number of aromatic amines is 1. The minimum Gasteiger partial charge on any atom is -0.486 e. The molecule has 0 fully saturated rings. The first-order valence-corrected chi connectivity index (χ1v) is 7.14. The Bertz CT molecular complexity index is 711. The van der Waals surface area contributed by atoms with Gasteiger partial charge < -0.3 is 14.8 Å². The van der Waals surface area contributed by atoms with Crippen molar-refractivity contribution in [1.29, 1.82) is 0 Å². The molecule has 22 heavy (non-hydrogen) atoms.